The number of piperazine rings is 1. The zero-order valence-corrected chi connectivity index (χ0v) is 13.8. The van der Waals surface area contributed by atoms with Gasteiger partial charge in [-0.2, -0.15) is 0 Å². The second-order valence-electron chi connectivity index (χ2n) is 5.20. The summed E-state index contributed by atoms with van der Waals surface area (Å²) in [6, 6.07) is 1.54. The maximum atomic E-state index is 12.3. The molecule has 1 saturated heterocycles. The average Bonchev–Trinajstić information content (AvgIpc) is 3.02. The summed E-state index contributed by atoms with van der Waals surface area (Å²) in [6.45, 7) is 8.80. The summed E-state index contributed by atoms with van der Waals surface area (Å²) in [5.41, 5.74) is 0.160. The van der Waals surface area contributed by atoms with Gasteiger partial charge >= 0.3 is 5.69 Å². The van der Waals surface area contributed by atoms with Gasteiger partial charge in [0.25, 0.3) is 0 Å². The number of rotatable bonds is 6. The number of carbonyl (C=O) groups excluding carboxylic acids is 1. The van der Waals surface area contributed by atoms with Crippen molar-refractivity contribution in [2.75, 3.05) is 50.7 Å². The molecule has 0 aliphatic carbocycles. The van der Waals surface area contributed by atoms with Crippen molar-refractivity contribution >= 4 is 27.9 Å². The van der Waals surface area contributed by atoms with Gasteiger partial charge in [0.2, 0.25) is 5.91 Å². The molecule has 1 aromatic rings. The topological polar surface area (TPSA) is 69.9 Å². The Morgan fingerprint density at radius 3 is 2.50 bits per heavy atom. The molecule has 1 aromatic heterocycles. The van der Waals surface area contributed by atoms with E-state index in [4.69, 9.17) is 0 Å². The van der Waals surface area contributed by atoms with Gasteiger partial charge in [-0.3, -0.25) is 19.8 Å². The lowest BCUT2D eigenvalue weighted by atomic mass is 10.3. The highest BCUT2D eigenvalue weighted by Gasteiger charge is 2.27. The van der Waals surface area contributed by atoms with Crippen LogP contribution in [0.25, 0.3) is 0 Å². The molecule has 0 aromatic carbocycles. The van der Waals surface area contributed by atoms with Crippen molar-refractivity contribution in [2.24, 2.45) is 0 Å². The van der Waals surface area contributed by atoms with Crippen LogP contribution in [0.1, 0.15) is 13.8 Å². The first-order valence-electron chi connectivity index (χ1n) is 7.53. The molecule has 0 atom stereocenters. The van der Waals surface area contributed by atoms with Gasteiger partial charge in [-0.1, -0.05) is 13.8 Å². The molecule has 8 heteroatoms. The third-order valence-corrected chi connectivity index (χ3v) is 4.96. The lowest BCUT2D eigenvalue weighted by molar-refractivity contribution is -0.383. The molecule has 1 amide bonds. The Kier molecular flexibility index (Phi) is 5.73. The lowest BCUT2D eigenvalue weighted by Gasteiger charge is -2.35. The van der Waals surface area contributed by atoms with E-state index < -0.39 is 0 Å². The third-order valence-electron chi connectivity index (χ3n) is 3.99. The number of nitro groups is 1. The van der Waals surface area contributed by atoms with Gasteiger partial charge in [-0.05, 0) is 18.5 Å². The quantitative estimate of drug-likeness (QED) is 0.587. The summed E-state index contributed by atoms with van der Waals surface area (Å²) in [6.07, 6.45) is 0. The highest BCUT2D eigenvalue weighted by molar-refractivity contribution is 7.14. The molecule has 2 rings (SSSR count). The van der Waals surface area contributed by atoms with Crippen molar-refractivity contribution in [3.63, 3.8) is 0 Å². The first kappa shape index (κ1) is 16.7. The Hall–Kier alpha value is -1.67. The summed E-state index contributed by atoms with van der Waals surface area (Å²) >= 11 is 1.38. The van der Waals surface area contributed by atoms with Crippen LogP contribution in [-0.2, 0) is 4.79 Å². The van der Waals surface area contributed by atoms with Gasteiger partial charge in [-0.15, -0.1) is 11.3 Å². The predicted molar refractivity (Wildman–Crippen MR) is 87.6 cm³/mol. The third kappa shape index (κ3) is 3.75. The van der Waals surface area contributed by atoms with Crippen LogP contribution in [-0.4, -0.2) is 66.4 Å². The van der Waals surface area contributed by atoms with E-state index in [0.717, 1.165) is 13.1 Å². The maximum Gasteiger partial charge on any atom is 0.303 e. The molecule has 0 radical (unpaired) electrons. The molecule has 0 saturated carbocycles. The Balaban J connectivity index is 1.91. The molecule has 2 heterocycles. The summed E-state index contributed by atoms with van der Waals surface area (Å²) in [5.74, 6) is 0.143. The molecule has 0 spiro atoms. The van der Waals surface area contributed by atoms with Crippen molar-refractivity contribution in [2.45, 2.75) is 13.8 Å². The summed E-state index contributed by atoms with van der Waals surface area (Å²) < 4.78 is 0. The number of hydrogen-bond acceptors (Lipinski definition) is 6. The van der Waals surface area contributed by atoms with E-state index >= 15 is 0 Å². The molecular formula is C14H22N4O3S. The summed E-state index contributed by atoms with van der Waals surface area (Å²) in [7, 11) is 0. The number of anilines is 1. The molecule has 7 nitrogen and oxygen atoms in total. The fourth-order valence-electron chi connectivity index (χ4n) is 2.57. The van der Waals surface area contributed by atoms with E-state index in [-0.39, 0.29) is 16.5 Å². The van der Waals surface area contributed by atoms with Gasteiger partial charge in [0.05, 0.1) is 11.5 Å². The van der Waals surface area contributed by atoms with Crippen molar-refractivity contribution < 1.29 is 9.72 Å². The smallest absolute Gasteiger partial charge is 0.303 e. The summed E-state index contributed by atoms with van der Waals surface area (Å²) in [5, 5.41) is 13.4. The van der Waals surface area contributed by atoms with Crippen LogP contribution in [0.15, 0.2) is 11.4 Å². The molecule has 122 valence electrons. The first-order chi connectivity index (χ1) is 10.6. The highest BCUT2D eigenvalue weighted by Crippen LogP contribution is 2.34. The van der Waals surface area contributed by atoms with Gasteiger partial charge in [0.1, 0.15) is 0 Å². The summed E-state index contributed by atoms with van der Waals surface area (Å²) in [4.78, 5) is 28.9. The van der Waals surface area contributed by atoms with Crippen molar-refractivity contribution in [3.8, 4) is 0 Å². The van der Waals surface area contributed by atoms with Crippen LogP contribution in [0, 0.1) is 10.1 Å². The lowest BCUT2D eigenvalue weighted by Crippen LogP contribution is -2.51. The molecule has 22 heavy (non-hydrogen) atoms. The first-order valence-corrected chi connectivity index (χ1v) is 8.41. The van der Waals surface area contributed by atoms with Crippen molar-refractivity contribution in [1.29, 1.82) is 0 Å². The van der Waals surface area contributed by atoms with E-state index in [1.165, 1.54) is 17.4 Å². The molecule has 0 N–H and O–H groups in total. The second-order valence-corrected chi connectivity index (χ2v) is 6.09. The Morgan fingerprint density at radius 1 is 1.32 bits per heavy atom. The normalized spacial score (nSPS) is 15.4. The number of carbonyl (C=O) groups is 1. The van der Waals surface area contributed by atoms with Gasteiger partial charge in [0, 0.05) is 32.2 Å². The number of hydrogen-bond donors (Lipinski definition) is 0. The van der Waals surface area contributed by atoms with Crippen LogP contribution in [0.4, 0.5) is 10.7 Å². The molecule has 0 bridgehead atoms. The molecular weight excluding hydrogens is 304 g/mol. The minimum Gasteiger partial charge on any atom is -0.354 e. The second kappa shape index (κ2) is 7.55. The Bertz CT molecular complexity index is 522. The van der Waals surface area contributed by atoms with E-state index in [1.807, 2.05) is 23.6 Å². The number of likely N-dealkylation sites (N-methyl/N-ethyl adjacent to an activating group) is 1. The average molecular weight is 326 g/mol. The number of thiophene rings is 1. The monoisotopic (exact) mass is 326 g/mol. The van der Waals surface area contributed by atoms with E-state index in [2.05, 4.69) is 4.90 Å². The largest absolute Gasteiger partial charge is 0.354 e. The van der Waals surface area contributed by atoms with Crippen molar-refractivity contribution in [3.05, 3.63) is 21.6 Å². The molecule has 1 aliphatic rings. The SMILES string of the molecule is CCN(CC)CC(=O)N1CCN(c2sccc2[N+](=O)[O-])CC1. The van der Waals surface area contributed by atoms with Crippen LogP contribution in [0.3, 0.4) is 0 Å². The Morgan fingerprint density at radius 2 is 1.95 bits per heavy atom. The van der Waals surface area contributed by atoms with Crippen LogP contribution < -0.4 is 4.90 Å². The van der Waals surface area contributed by atoms with Crippen molar-refractivity contribution in [1.82, 2.24) is 9.80 Å². The van der Waals surface area contributed by atoms with Crippen LogP contribution in [0.5, 0.6) is 0 Å². The minimum absolute atomic E-state index is 0.143. The van der Waals surface area contributed by atoms with E-state index in [0.29, 0.717) is 37.7 Å². The zero-order chi connectivity index (χ0) is 16.1. The zero-order valence-electron chi connectivity index (χ0n) is 13.0. The number of amides is 1. The standard InChI is InChI=1S/C14H22N4O3S/c1-3-15(4-2)11-13(19)16-6-8-17(9-7-16)14-12(18(20)21)5-10-22-14/h5,10H,3-4,6-9,11H2,1-2H3. The Labute approximate surface area is 134 Å². The van der Waals surface area contributed by atoms with Gasteiger partial charge < -0.3 is 9.80 Å². The van der Waals surface area contributed by atoms with Crippen LogP contribution >= 0.6 is 11.3 Å². The van der Waals surface area contributed by atoms with Gasteiger partial charge in [0.15, 0.2) is 5.00 Å². The van der Waals surface area contributed by atoms with Gasteiger partial charge in [-0.25, -0.2) is 0 Å². The van der Waals surface area contributed by atoms with E-state index in [9.17, 15) is 14.9 Å². The fourth-order valence-corrected chi connectivity index (χ4v) is 3.49. The molecule has 1 fully saturated rings. The highest BCUT2D eigenvalue weighted by atomic mass is 32.1. The van der Waals surface area contributed by atoms with Crippen LogP contribution in [0.2, 0.25) is 0 Å². The predicted octanol–water partition coefficient (Wildman–Crippen LogP) is 1.65. The van der Waals surface area contributed by atoms with E-state index in [1.54, 1.807) is 5.38 Å². The molecule has 1 aliphatic heterocycles. The molecule has 0 unspecified atom stereocenters. The fraction of sp³-hybridized carbons (Fsp3) is 0.643. The number of nitrogens with zero attached hydrogens (tertiary/aromatic N) is 4. The maximum absolute atomic E-state index is 12.3. The minimum atomic E-state index is -0.344.